The normalized spacial score (nSPS) is 14.8. The van der Waals surface area contributed by atoms with E-state index in [1.54, 1.807) is 14.2 Å². The fourth-order valence-electron chi connectivity index (χ4n) is 3.42. The lowest BCUT2D eigenvalue weighted by molar-refractivity contribution is -0.152. The summed E-state index contributed by atoms with van der Waals surface area (Å²) in [5.41, 5.74) is 1.96. The molecule has 1 aliphatic carbocycles. The predicted molar refractivity (Wildman–Crippen MR) is 118 cm³/mol. The van der Waals surface area contributed by atoms with Gasteiger partial charge in [0.25, 0.3) is 5.91 Å². The second kappa shape index (κ2) is 11.2. The van der Waals surface area contributed by atoms with Gasteiger partial charge in [-0.1, -0.05) is 48.6 Å². The number of rotatable bonds is 10. The van der Waals surface area contributed by atoms with Crippen LogP contribution in [0.15, 0.2) is 60.7 Å². The number of likely N-dealkylation sites (N-methyl/N-ethyl adjacent to an activating group) is 1. The summed E-state index contributed by atoms with van der Waals surface area (Å²) in [5, 5.41) is 0. The van der Waals surface area contributed by atoms with Gasteiger partial charge in [-0.15, -0.1) is 0 Å². The number of benzene rings is 2. The summed E-state index contributed by atoms with van der Waals surface area (Å²) in [7, 11) is 3.27. The predicted octanol–water partition coefficient (Wildman–Crippen LogP) is 4.13. The topological polar surface area (TPSA) is 65.1 Å². The van der Waals surface area contributed by atoms with E-state index in [-0.39, 0.29) is 24.4 Å². The minimum atomic E-state index is -0.333. The van der Waals surface area contributed by atoms with E-state index in [4.69, 9.17) is 14.2 Å². The molecule has 0 N–H and O–H groups in total. The number of ether oxygens (including phenoxy) is 3. The summed E-state index contributed by atoms with van der Waals surface area (Å²) >= 11 is 0. The third-order valence-corrected chi connectivity index (χ3v) is 5.21. The lowest BCUT2D eigenvalue weighted by Crippen LogP contribution is -2.31. The van der Waals surface area contributed by atoms with E-state index < -0.39 is 0 Å². The van der Waals surface area contributed by atoms with Crippen molar-refractivity contribution in [2.24, 2.45) is 5.92 Å². The largest absolute Gasteiger partial charge is 0.493 e. The molecule has 1 aliphatic rings. The van der Waals surface area contributed by atoms with Crippen molar-refractivity contribution in [3.63, 3.8) is 0 Å². The van der Waals surface area contributed by atoms with Crippen LogP contribution >= 0.6 is 0 Å². The average molecular weight is 424 g/mol. The maximum atomic E-state index is 12.3. The van der Waals surface area contributed by atoms with Gasteiger partial charge in [-0.25, -0.2) is 0 Å². The molecule has 31 heavy (non-hydrogen) atoms. The number of hydrogen-bond acceptors (Lipinski definition) is 5. The minimum absolute atomic E-state index is 0.232. The molecule has 164 valence electrons. The molecular formula is C25H29NO5. The molecule has 0 heterocycles. The number of esters is 1. The molecule has 0 radical (unpaired) electrons. The number of allylic oxidation sites excluding steroid dienone is 2. The Morgan fingerprint density at radius 2 is 1.87 bits per heavy atom. The van der Waals surface area contributed by atoms with Crippen molar-refractivity contribution in [3.8, 4) is 11.5 Å². The van der Waals surface area contributed by atoms with Gasteiger partial charge in [0.2, 0.25) is 0 Å². The maximum Gasteiger partial charge on any atom is 0.306 e. The third-order valence-electron chi connectivity index (χ3n) is 5.21. The van der Waals surface area contributed by atoms with Crippen LogP contribution in [0.5, 0.6) is 11.5 Å². The zero-order chi connectivity index (χ0) is 22.1. The van der Waals surface area contributed by atoms with Crippen LogP contribution in [0.4, 0.5) is 0 Å². The Hall–Kier alpha value is -3.28. The molecule has 1 amide bonds. The van der Waals surface area contributed by atoms with Gasteiger partial charge in [-0.05, 0) is 42.0 Å². The molecule has 0 saturated heterocycles. The smallest absolute Gasteiger partial charge is 0.306 e. The van der Waals surface area contributed by atoms with E-state index >= 15 is 0 Å². The average Bonchev–Trinajstić information content (AvgIpc) is 3.30. The minimum Gasteiger partial charge on any atom is -0.493 e. The molecule has 6 heteroatoms. The van der Waals surface area contributed by atoms with Crippen molar-refractivity contribution >= 4 is 11.9 Å². The van der Waals surface area contributed by atoms with Gasteiger partial charge in [0.05, 0.1) is 13.5 Å². The highest BCUT2D eigenvalue weighted by Crippen LogP contribution is 2.29. The van der Waals surface area contributed by atoms with Gasteiger partial charge in [-0.3, -0.25) is 9.59 Å². The Kier molecular flexibility index (Phi) is 8.10. The van der Waals surface area contributed by atoms with Crippen molar-refractivity contribution in [1.82, 2.24) is 4.90 Å². The third kappa shape index (κ3) is 6.88. The molecule has 0 spiro atoms. The lowest BCUT2D eigenvalue weighted by atomic mass is 10.1. The van der Waals surface area contributed by atoms with Crippen LogP contribution in [-0.4, -0.2) is 37.5 Å². The van der Waals surface area contributed by atoms with Gasteiger partial charge >= 0.3 is 5.97 Å². The van der Waals surface area contributed by atoms with Crippen LogP contribution in [-0.2, 0) is 27.5 Å². The Balaban J connectivity index is 1.49. The first kappa shape index (κ1) is 22.4. The first-order valence-corrected chi connectivity index (χ1v) is 10.4. The molecule has 0 unspecified atom stereocenters. The molecule has 0 bridgehead atoms. The van der Waals surface area contributed by atoms with Crippen molar-refractivity contribution in [2.45, 2.75) is 32.4 Å². The van der Waals surface area contributed by atoms with E-state index in [1.807, 2.05) is 54.6 Å². The summed E-state index contributed by atoms with van der Waals surface area (Å²) in [6, 6.07) is 15.5. The Bertz CT molecular complexity index is 909. The molecule has 0 aromatic heterocycles. The standard InChI is InChI=1S/C25H29NO5/c1-26(24(27)18-31-25(28)15-19-8-6-7-9-19)16-21-12-13-22(23(14-21)29-2)30-17-20-10-4-3-5-11-20/h3-6,8,10-14,19H,7,9,15-18H2,1-2H3/t19-/m1/s1. The molecule has 0 aliphatic heterocycles. The molecule has 1 atom stereocenters. The lowest BCUT2D eigenvalue weighted by Gasteiger charge is -2.19. The number of carbonyl (C=O) groups excluding carboxylic acids is 2. The number of methoxy groups -OCH3 is 1. The van der Waals surface area contributed by atoms with Crippen molar-refractivity contribution in [3.05, 3.63) is 71.8 Å². The first-order valence-electron chi connectivity index (χ1n) is 10.4. The first-order chi connectivity index (χ1) is 15.0. The quantitative estimate of drug-likeness (QED) is 0.425. The molecule has 0 saturated carbocycles. The monoisotopic (exact) mass is 423 g/mol. The van der Waals surface area contributed by atoms with Crippen molar-refractivity contribution in [1.29, 1.82) is 0 Å². The second-order valence-corrected chi connectivity index (χ2v) is 7.64. The maximum absolute atomic E-state index is 12.3. The van der Waals surface area contributed by atoms with Gasteiger partial charge in [0, 0.05) is 13.6 Å². The summed E-state index contributed by atoms with van der Waals surface area (Å²) in [5.74, 6) is 0.887. The molecular weight excluding hydrogens is 394 g/mol. The van der Waals surface area contributed by atoms with E-state index in [0.29, 0.717) is 31.1 Å². The molecule has 2 aromatic carbocycles. The Labute approximate surface area is 183 Å². The van der Waals surface area contributed by atoms with Gasteiger partial charge in [-0.2, -0.15) is 0 Å². The van der Waals surface area contributed by atoms with E-state index in [1.165, 1.54) is 4.90 Å². The highest BCUT2D eigenvalue weighted by atomic mass is 16.5. The highest BCUT2D eigenvalue weighted by Gasteiger charge is 2.18. The van der Waals surface area contributed by atoms with Crippen LogP contribution < -0.4 is 9.47 Å². The van der Waals surface area contributed by atoms with Gasteiger partial charge in [0.15, 0.2) is 18.1 Å². The number of amides is 1. The summed E-state index contributed by atoms with van der Waals surface area (Å²) in [4.78, 5) is 25.8. The molecule has 6 nitrogen and oxygen atoms in total. The van der Waals surface area contributed by atoms with Crippen molar-refractivity contribution in [2.75, 3.05) is 20.8 Å². The van der Waals surface area contributed by atoms with Gasteiger partial charge in [0.1, 0.15) is 6.61 Å². The van der Waals surface area contributed by atoms with E-state index in [2.05, 4.69) is 6.08 Å². The van der Waals surface area contributed by atoms with Crippen LogP contribution in [0.25, 0.3) is 0 Å². The zero-order valence-electron chi connectivity index (χ0n) is 18.1. The summed E-state index contributed by atoms with van der Waals surface area (Å²) in [6.07, 6.45) is 6.41. The molecule has 2 aromatic rings. The fourth-order valence-corrected chi connectivity index (χ4v) is 3.42. The molecule has 3 rings (SSSR count). The highest BCUT2D eigenvalue weighted by molar-refractivity contribution is 5.80. The van der Waals surface area contributed by atoms with Crippen LogP contribution in [0.1, 0.15) is 30.4 Å². The van der Waals surface area contributed by atoms with Crippen molar-refractivity contribution < 1.29 is 23.8 Å². The van der Waals surface area contributed by atoms with Crippen LogP contribution in [0.2, 0.25) is 0 Å². The van der Waals surface area contributed by atoms with E-state index in [9.17, 15) is 9.59 Å². The van der Waals surface area contributed by atoms with Crippen LogP contribution in [0, 0.1) is 5.92 Å². The van der Waals surface area contributed by atoms with E-state index in [0.717, 1.165) is 24.0 Å². The second-order valence-electron chi connectivity index (χ2n) is 7.64. The fraction of sp³-hybridized carbons (Fsp3) is 0.360. The van der Waals surface area contributed by atoms with Gasteiger partial charge < -0.3 is 19.1 Å². The Morgan fingerprint density at radius 1 is 1.06 bits per heavy atom. The summed E-state index contributed by atoms with van der Waals surface area (Å²) < 4.78 is 16.5. The number of nitrogens with zero attached hydrogens (tertiary/aromatic N) is 1. The number of carbonyl (C=O) groups is 2. The summed E-state index contributed by atoms with van der Waals surface area (Å²) in [6.45, 7) is 0.565. The SMILES string of the molecule is COc1cc(CN(C)C(=O)COC(=O)C[C@@H]2C=CCC2)ccc1OCc1ccccc1. The zero-order valence-corrected chi connectivity index (χ0v) is 18.1. The number of hydrogen-bond donors (Lipinski definition) is 0. The van der Waals surface area contributed by atoms with Crippen LogP contribution in [0.3, 0.4) is 0 Å². The Morgan fingerprint density at radius 3 is 2.58 bits per heavy atom. The molecule has 0 fully saturated rings.